The van der Waals surface area contributed by atoms with Crippen LogP contribution in [0.15, 0.2) is 48.5 Å². The van der Waals surface area contributed by atoms with Crippen LogP contribution in [0.5, 0.6) is 11.5 Å². The van der Waals surface area contributed by atoms with Crippen molar-refractivity contribution in [2.45, 2.75) is 25.2 Å². The Morgan fingerprint density at radius 3 is 2.58 bits per heavy atom. The van der Waals surface area contributed by atoms with Gasteiger partial charge in [0.15, 0.2) is 18.1 Å². The maximum atomic E-state index is 12.7. The van der Waals surface area contributed by atoms with Crippen LogP contribution in [0.4, 0.5) is 0 Å². The Hall–Kier alpha value is -2.20. The molecule has 2 aromatic rings. The molecule has 1 amide bonds. The highest BCUT2D eigenvalue weighted by Gasteiger charge is 2.23. The van der Waals surface area contributed by atoms with Gasteiger partial charge in [-0.05, 0) is 42.7 Å². The second-order valence-corrected chi connectivity index (χ2v) is 6.96. The maximum Gasteiger partial charge on any atom is 0.260 e. The van der Waals surface area contributed by atoms with Gasteiger partial charge in [0, 0.05) is 24.0 Å². The molecule has 26 heavy (non-hydrogen) atoms. The summed E-state index contributed by atoms with van der Waals surface area (Å²) in [6.07, 6.45) is 3.22. The van der Waals surface area contributed by atoms with E-state index in [9.17, 15) is 4.79 Å². The van der Waals surface area contributed by atoms with Crippen molar-refractivity contribution in [2.75, 3.05) is 26.8 Å². The van der Waals surface area contributed by atoms with Crippen LogP contribution in [-0.4, -0.2) is 37.6 Å². The molecule has 1 atom stereocenters. The smallest absolute Gasteiger partial charge is 0.260 e. The van der Waals surface area contributed by atoms with Crippen LogP contribution in [0.3, 0.4) is 0 Å². The van der Waals surface area contributed by atoms with Gasteiger partial charge in [0.25, 0.3) is 5.91 Å². The van der Waals surface area contributed by atoms with Crippen LogP contribution in [0, 0.1) is 0 Å². The molecule has 0 saturated carbocycles. The summed E-state index contributed by atoms with van der Waals surface area (Å²) < 4.78 is 11.0. The fourth-order valence-corrected chi connectivity index (χ4v) is 3.47. The summed E-state index contributed by atoms with van der Waals surface area (Å²) in [7, 11) is 1.59. The molecule has 4 nitrogen and oxygen atoms in total. The van der Waals surface area contributed by atoms with Crippen LogP contribution in [0.1, 0.15) is 30.7 Å². The van der Waals surface area contributed by atoms with Crippen molar-refractivity contribution >= 4 is 17.5 Å². The second-order valence-electron chi connectivity index (χ2n) is 6.52. The first-order valence-electron chi connectivity index (χ1n) is 8.96. The van der Waals surface area contributed by atoms with Crippen molar-refractivity contribution in [3.8, 4) is 11.5 Å². The average molecular weight is 374 g/mol. The van der Waals surface area contributed by atoms with Crippen LogP contribution >= 0.6 is 11.6 Å². The SMILES string of the molecule is COc1ccccc1OCC(=O)N1CCCC[C@@H](c2ccc(Cl)cc2)C1. The monoisotopic (exact) mass is 373 g/mol. The van der Waals surface area contributed by atoms with E-state index in [1.165, 1.54) is 5.56 Å². The molecule has 1 saturated heterocycles. The third-order valence-electron chi connectivity index (χ3n) is 4.79. The van der Waals surface area contributed by atoms with Gasteiger partial charge in [-0.1, -0.05) is 42.3 Å². The molecule has 0 N–H and O–H groups in total. The number of nitrogens with zero attached hydrogens (tertiary/aromatic N) is 1. The largest absolute Gasteiger partial charge is 0.493 e. The van der Waals surface area contributed by atoms with Gasteiger partial charge in [0.2, 0.25) is 0 Å². The highest BCUT2D eigenvalue weighted by atomic mass is 35.5. The van der Waals surface area contributed by atoms with Gasteiger partial charge in [0.1, 0.15) is 0 Å². The Balaban J connectivity index is 1.63. The van der Waals surface area contributed by atoms with Crippen LogP contribution in [0.2, 0.25) is 5.02 Å². The predicted octanol–water partition coefficient (Wildman–Crippen LogP) is 4.52. The third kappa shape index (κ3) is 4.70. The number of carbonyl (C=O) groups is 1. The van der Waals surface area contributed by atoms with Gasteiger partial charge in [0.05, 0.1) is 7.11 Å². The number of likely N-dealkylation sites (tertiary alicyclic amines) is 1. The van der Waals surface area contributed by atoms with E-state index in [2.05, 4.69) is 12.1 Å². The van der Waals surface area contributed by atoms with Crippen LogP contribution < -0.4 is 9.47 Å². The number of para-hydroxylation sites is 2. The summed E-state index contributed by atoms with van der Waals surface area (Å²) in [5.41, 5.74) is 1.24. The maximum absolute atomic E-state index is 12.7. The van der Waals surface area contributed by atoms with Crippen molar-refractivity contribution in [3.05, 3.63) is 59.1 Å². The van der Waals surface area contributed by atoms with Crippen LogP contribution in [0.25, 0.3) is 0 Å². The zero-order valence-electron chi connectivity index (χ0n) is 15.0. The molecule has 1 fully saturated rings. The molecule has 1 aliphatic heterocycles. The molecule has 1 heterocycles. The molecule has 3 rings (SSSR count). The molecular formula is C21H24ClNO3. The molecule has 5 heteroatoms. The summed E-state index contributed by atoms with van der Waals surface area (Å²) in [5, 5.41) is 0.737. The van der Waals surface area contributed by atoms with Crippen molar-refractivity contribution in [1.82, 2.24) is 4.90 Å². The minimum absolute atomic E-state index is 0.0109. The Morgan fingerprint density at radius 1 is 1.12 bits per heavy atom. The fourth-order valence-electron chi connectivity index (χ4n) is 3.34. The van der Waals surface area contributed by atoms with E-state index in [-0.39, 0.29) is 12.5 Å². The predicted molar refractivity (Wildman–Crippen MR) is 103 cm³/mol. The lowest BCUT2D eigenvalue weighted by Gasteiger charge is -2.25. The molecule has 138 valence electrons. The summed E-state index contributed by atoms with van der Waals surface area (Å²) in [6.45, 7) is 1.52. The lowest BCUT2D eigenvalue weighted by Crippen LogP contribution is -2.37. The second kappa shape index (κ2) is 8.95. The van der Waals surface area contributed by atoms with E-state index in [1.54, 1.807) is 7.11 Å². The van der Waals surface area contributed by atoms with Crippen LogP contribution in [-0.2, 0) is 4.79 Å². The zero-order valence-corrected chi connectivity index (χ0v) is 15.7. The van der Waals surface area contributed by atoms with Gasteiger partial charge < -0.3 is 14.4 Å². The minimum Gasteiger partial charge on any atom is -0.493 e. The topological polar surface area (TPSA) is 38.8 Å². The first kappa shape index (κ1) is 18.6. The van der Waals surface area contributed by atoms with E-state index in [1.807, 2.05) is 41.3 Å². The summed E-state index contributed by atoms with van der Waals surface area (Å²) in [5.74, 6) is 1.57. The Morgan fingerprint density at radius 2 is 1.85 bits per heavy atom. The Kier molecular flexibility index (Phi) is 6.40. The minimum atomic E-state index is 0.0109. The van der Waals surface area contributed by atoms with Gasteiger partial charge >= 0.3 is 0 Å². The van der Waals surface area contributed by atoms with E-state index in [0.717, 1.165) is 37.4 Å². The summed E-state index contributed by atoms with van der Waals surface area (Å²) >= 11 is 5.99. The number of hydrogen-bond acceptors (Lipinski definition) is 3. The molecule has 0 radical (unpaired) electrons. The molecule has 0 aromatic heterocycles. The molecular weight excluding hydrogens is 350 g/mol. The third-order valence-corrected chi connectivity index (χ3v) is 5.04. The molecule has 0 aliphatic carbocycles. The van der Waals surface area contributed by atoms with Gasteiger partial charge in [-0.25, -0.2) is 0 Å². The average Bonchev–Trinajstić information content (AvgIpc) is 2.93. The quantitative estimate of drug-likeness (QED) is 0.773. The molecule has 0 bridgehead atoms. The van der Waals surface area contributed by atoms with Crippen molar-refractivity contribution in [1.29, 1.82) is 0 Å². The first-order chi connectivity index (χ1) is 12.7. The standard InChI is InChI=1S/C21H24ClNO3/c1-25-19-7-2-3-8-20(19)26-15-21(24)23-13-5-4-6-17(14-23)16-9-11-18(22)12-10-16/h2-3,7-12,17H,4-6,13-15H2,1H3/t17-/m1/s1. The highest BCUT2D eigenvalue weighted by Crippen LogP contribution is 2.28. The van der Waals surface area contributed by atoms with E-state index in [0.29, 0.717) is 17.4 Å². The van der Waals surface area contributed by atoms with E-state index < -0.39 is 0 Å². The van der Waals surface area contributed by atoms with Gasteiger partial charge in [-0.15, -0.1) is 0 Å². The number of carbonyl (C=O) groups excluding carboxylic acids is 1. The number of methoxy groups -OCH3 is 1. The number of hydrogen-bond donors (Lipinski definition) is 0. The number of halogens is 1. The number of benzene rings is 2. The van der Waals surface area contributed by atoms with Gasteiger partial charge in [-0.3, -0.25) is 4.79 Å². The Labute approximate surface area is 159 Å². The van der Waals surface area contributed by atoms with Crippen molar-refractivity contribution < 1.29 is 14.3 Å². The zero-order chi connectivity index (χ0) is 18.4. The molecule has 0 unspecified atom stereocenters. The van der Waals surface area contributed by atoms with E-state index >= 15 is 0 Å². The number of amides is 1. The van der Waals surface area contributed by atoms with Crippen molar-refractivity contribution in [3.63, 3.8) is 0 Å². The van der Waals surface area contributed by atoms with Crippen molar-refractivity contribution in [2.24, 2.45) is 0 Å². The summed E-state index contributed by atoms with van der Waals surface area (Å²) in [6, 6.07) is 15.3. The first-order valence-corrected chi connectivity index (χ1v) is 9.34. The highest BCUT2D eigenvalue weighted by molar-refractivity contribution is 6.30. The fraction of sp³-hybridized carbons (Fsp3) is 0.381. The molecule has 2 aromatic carbocycles. The lowest BCUT2D eigenvalue weighted by molar-refractivity contribution is -0.133. The van der Waals surface area contributed by atoms with E-state index in [4.69, 9.17) is 21.1 Å². The normalized spacial score (nSPS) is 17.5. The molecule has 1 aliphatic rings. The van der Waals surface area contributed by atoms with Gasteiger partial charge in [-0.2, -0.15) is 0 Å². The molecule has 0 spiro atoms. The number of rotatable bonds is 5. The summed E-state index contributed by atoms with van der Waals surface area (Å²) in [4.78, 5) is 14.6. The Bertz CT molecular complexity index is 732. The lowest BCUT2D eigenvalue weighted by atomic mass is 9.94. The number of ether oxygens (including phenoxy) is 2.